The highest BCUT2D eigenvalue weighted by atomic mass is 35.5. The second kappa shape index (κ2) is 7.16. The van der Waals surface area contributed by atoms with E-state index >= 15 is 0 Å². The molecule has 2 aromatic heterocycles. The molecule has 0 fully saturated rings. The molecule has 0 aliphatic rings. The first-order valence-electron chi connectivity index (χ1n) is 9.34. The maximum atomic E-state index is 6.59. The number of halogens is 1. The molecule has 0 unspecified atom stereocenters. The van der Waals surface area contributed by atoms with Crippen LogP contribution in [-0.2, 0) is 0 Å². The fraction of sp³-hybridized carbons (Fsp3) is 0.217. The third-order valence-electron chi connectivity index (χ3n) is 5.10. The van der Waals surface area contributed by atoms with Gasteiger partial charge in [0.2, 0.25) is 0 Å². The average molecular weight is 376 g/mol. The molecular formula is C23H22ClN3. The number of anilines is 1. The van der Waals surface area contributed by atoms with Gasteiger partial charge in [-0.05, 0) is 26.8 Å². The second-order valence-electron chi connectivity index (χ2n) is 6.62. The van der Waals surface area contributed by atoms with Gasteiger partial charge in [0.15, 0.2) is 0 Å². The Hall–Kier alpha value is -2.65. The molecule has 4 heteroatoms. The number of aromatic nitrogens is 2. The van der Waals surface area contributed by atoms with Crippen molar-refractivity contribution in [2.24, 2.45) is 0 Å². The van der Waals surface area contributed by atoms with Gasteiger partial charge in [0.25, 0.3) is 0 Å². The molecule has 0 amide bonds. The SMILES string of the molecule is CCN(CC)c1c(C)c(Cl)nc2c1c(-c1ccccc1)nc1ccccc12. The van der Waals surface area contributed by atoms with Crippen molar-refractivity contribution in [3.05, 3.63) is 65.3 Å². The van der Waals surface area contributed by atoms with Crippen LogP contribution < -0.4 is 4.90 Å². The van der Waals surface area contributed by atoms with Gasteiger partial charge < -0.3 is 4.90 Å². The highest BCUT2D eigenvalue weighted by Gasteiger charge is 2.21. The Balaban J connectivity index is 2.25. The van der Waals surface area contributed by atoms with E-state index in [2.05, 4.69) is 36.9 Å². The van der Waals surface area contributed by atoms with Gasteiger partial charge in [0.05, 0.1) is 27.8 Å². The first-order valence-corrected chi connectivity index (χ1v) is 9.72. The normalized spacial score (nSPS) is 11.3. The average Bonchev–Trinajstić information content (AvgIpc) is 2.71. The van der Waals surface area contributed by atoms with Crippen LogP contribution in [-0.4, -0.2) is 23.1 Å². The zero-order valence-electron chi connectivity index (χ0n) is 15.8. The Labute approximate surface area is 164 Å². The summed E-state index contributed by atoms with van der Waals surface area (Å²) in [6.45, 7) is 8.17. The third-order valence-corrected chi connectivity index (χ3v) is 5.47. The molecule has 0 bridgehead atoms. The van der Waals surface area contributed by atoms with E-state index in [1.165, 1.54) is 0 Å². The number of para-hydroxylation sites is 1. The lowest BCUT2D eigenvalue weighted by Gasteiger charge is -2.26. The van der Waals surface area contributed by atoms with Crippen molar-refractivity contribution in [1.29, 1.82) is 0 Å². The van der Waals surface area contributed by atoms with Crippen molar-refractivity contribution in [2.45, 2.75) is 20.8 Å². The van der Waals surface area contributed by atoms with Crippen LogP contribution >= 0.6 is 11.6 Å². The van der Waals surface area contributed by atoms with Gasteiger partial charge in [-0.3, -0.25) is 0 Å². The summed E-state index contributed by atoms with van der Waals surface area (Å²) < 4.78 is 0. The van der Waals surface area contributed by atoms with Gasteiger partial charge >= 0.3 is 0 Å². The number of pyridine rings is 2. The molecule has 0 spiro atoms. The highest BCUT2D eigenvalue weighted by Crippen LogP contribution is 2.41. The maximum Gasteiger partial charge on any atom is 0.134 e. The van der Waals surface area contributed by atoms with Crippen molar-refractivity contribution in [2.75, 3.05) is 18.0 Å². The van der Waals surface area contributed by atoms with Crippen LogP contribution in [0.5, 0.6) is 0 Å². The Kier molecular flexibility index (Phi) is 4.71. The molecule has 0 aliphatic carbocycles. The summed E-state index contributed by atoms with van der Waals surface area (Å²) in [6.07, 6.45) is 0. The van der Waals surface area contributed by atoms with Gasteiger partial charge in [-0.15, -0.1) is 0 Å². The maximum absolute atomic E-state index is 6.59. The third kappa shape index (κ3) is 2.92. The van der Waals surface area contributed by atoms with E-state index in [-0.39, 0.29) is 0 Å². The molecule has 0 radical (unpaired) electrons. The van der Waals surface area contributed by atoms with E-state index in [1.54, 1.807) is 0 Å². The smallest absolute Gasteiger partial charge is 0.134 e. The number of nitrogens with zero attached hydrogens (tertiary/aromatic N) is 3. The van der Waals surface area contributed by atoms with Crippen molar-refractivity contribution in [3.63, 3.8) is 0 Å². The van der Waals surface area contributed by atoms with E-state index in [0.29, 0.717) is 5.15 Å². The lowest BCUT2D eigenvalue weighted by molar-refractivity contribution is 0.865. The molecule has 4 rings (SSSR count). The minimum Gasteiger partial charge on any atom is -0.371 e. The molecule has 0 aliphatic heterocycles. The lowest BCUT2D eigenvalue weighted by atomic mass is 9.99. The Morgan fingerprint density at radius 3 is 2.26 bits per heavy atom. The first-order chi connectivity index (χ1) is 13.2. The zero-order chi connectivity index (χ0) is 19.0. The van der Waals surface area contributed by atoms with Crippen molar-refractivity contribution in [1.82, 2.24) is 9.97 Å². The molecule has 2 aromatic carbocycles. The van der Waals surface area contributed by atoms with E-state index < -0.39 is 0 Å². The number of fused-ring (bicyclic) bond motifs is 3. The minimum absolute atomic E-state index is 0.555. The molecule has 27 heavy (non-hydrogen) atoms. The molecule has 0 atom stereocenters. The highest BCUT2D eigenvalue weighted by molar-refractivity contribution is 6.32. The summed E-state index contributed by atoms with van der Waals surface area (Å²) in [5.74, 6) is 0. The topological polar surface area (TPSA) is 29.0 Å². The van der Waals surface area contributed by atoms with E-state index in [1.807, 2.05) is 43.3 Å². The monoisotopic (exact) mass is 375 g/mol. The van der Waals surface area contributed by atoms with Gasteiger partial charge in [-0.25, -0.2) is 9.97 Å². The Bertz CT molecular complexity index is 1120. The van der Waals surface area contributed by atoms with Crippen molar-refractivity contribution < 1.29 is 0 Å². The Morgan fingerprint density at radius 1 is 0.889 bits per heavy atom. The fourth-order valence-corrected chi connectivity index (χ4v) is 3.92. The fourth-order valence-electron chi connectivity index (χ4n) is 3.74. The summed E-state index contributed by atoms with van der Waals surface area (Å²) >= 11 is 6.59. The van der Waals surface area contributed by atoms with Crippen LogP contribution in [0.25, 0.3) is 33.1 Å². The summed E-state index contributed by atoms with van der Waals surface area (Å²) in [5, 5.41) is 2.66. The van der Waals surface area contributed by atoms with Gasteiger partial charge in [0, 0.05) is 29.6 Å². The van der Waals surface area contributed by atoms with Crippen LogP contribution in [0.2, 0.25) is 5.15 Å². The molecular weight excluding hydrogens is 354 g/mol. The lowest BCUT2D eigenvalue weighted by Crippen LogP contribution is -2.23. The van der Waals surface area contributed by atoms with Crippen LogP contribution in [0.4, 0.5) is 5.69 Å². The molecule has 4 aromatic rings. The number of rotatable bonds is 4. The molecule has 0 saturated heterocycles. The molecule has 3 nitrogen and oxygen atoms in total. The van der Waals surface area contributed by atoms with Gasteiger partial charge in [-0.1, -0.05) is 60.1 Å². The molecule has 2 heterocycles. The first kappa shape index (κ1) is 17.7. The predicted octanol–water partition coefficient (Wildman–Crippen LogP) is 6.26. The number of benzene rings is 2. The molecule has 0 N–H and O–H groups in total. The predicted molar refractivity (Wildman–Crippen MR) is 116 cm³/mol. The van der Waals surface area contributed by atoms with Crippen molar-refractivity contribution >= 4 is 39.1 Å². The zero-order valence-corrected chi connectivity index (χ0v) is 16.6. The number of hydrogen-bond donors (Lipinski definition) is 0. The van der Waals surface area contributed by atoms with Gasteiger partial charge in [0.1, 0.15) is 5.15 Å². The summed E-state index contributed by atoms with van der Waals surface area (Å²) in [5.41, 5.74) is 6.02. The summed E-state index contributed by atoms with van der Waals surface area (Å²) in [6, 6.07) is 18.5. The van der Waals surface area contributed by atoms with Crippen LogP contribution in [0.3, 0.4) is 0 Å². The van der Waals surface area contributed by atoms with Crippen molar-refractivity contribution in [3.8, 4) is 11.3 Å². The van der Waals surface area contributed by atoms with E-state index in [0.717, 1.165) is 57.4 Å². The van der Waals surface area contributed by atoms with Crippen LogP contribution in [0, 0.1) is 6.92 Å². The quantitative estimate of drug-likeness (QED) is 0.311. The minimum atomic E-state index is 0.555. The summed E-state index contributed by atoms with van der Waals surface area (Å²) in [4.78, 5) is 12.2. The number of hydrogen-bond acceptors (Lipinski definition) is 3. The standard InChI is InChI=1S/C23H22ClN3/c1-4-27(5-2)22-15(3)23(24)26-21-17-13-9-10-14-18(17)25-20(19(21)22)16-11-7-6-8-12-16/h6-14H,4-5H2,1-3H3. The van der Waals surface area contributed by atoms with E-state index in [4.69, 9.17) is 21.6 Å². The van der Waals surface area contributed by atoms with Gasteiger partial charge in [-0.2, -0.15) is 0 Å². The Morgan fingerprint density at radius 2 is 1.56 bits per heavy atom. The molecule has 136 valence electrons. The van der Waals surface area contributed by atoms with E-state index in [9.17, 15) is 0 Å². The second-order valence-corrected chi connectivity index (χ2v) is 6.97. The summed E-state index contributed by atoms with van der Waals surface area (Å²) in [7, 11) is 0. The molecule has 0 saturated carbocycles. The van der Waals surface area contributed by atoms with Crippen LogP contribution in [0.1, 0.15) is 19.4 Å². The van der Waals surface area contributed by atoms with Crippen LogP contribution in [0.15, 0.2) is 54.6 Å². The largest absolute Gasteiger partial charge is 0.371 e.